The van der Waals surface area contributed by atoms with Crippen LogP contribution in [0, 0.1) is 6.92 Å². The number of nitrogens with zero attached hydrogens (tertiary/aromatic N) is 2. The molecule has 0 unspecified atom stereocenters. The zero-order valence-corrected chi connectivity index (χ0v) is 17.7. The molecule has 0 radical (unpaired) electrons. The second-order valence-electron chi connectivity index (χ2n) is 7.32. The van der Waals surface area contributed by atoms with Crippen molar-refractivity contribution in [2.24, 2.45) is 10.7 Å². The number of carbonyl (C=O) groups excluding carboxylic acids is 2. The molecule has 0 aromatic heterocycles. The summed E-state index contributed by atoms with van der Waals surface area (Å²) >= 11 is 6.03. The number of aryl methyl sites for hydroxylation is 1. The summed E-state index contributed by atoms with van der Waals surface area (Å²) in [6, 6.07) is 11.8. The lowest BCUT2D eigenvalue weighted by Crippen LogP contribution is -2.59. The maximum absolute atomic E-state index is 12.7. The SMILES string of the molecule is CN=C(N)c1ccc(CNC(=O)[C@@H]2CCN2C(=O)[C@H](O)c2cc(C)cc(Cl)c2)cc1. The number of rotatable bonds is 6. The number of aliphatic imine (C=N–C) groups is 1. The number of nitrogens with one attached hydrogen (secondary N) is 1. The van der Waals surface area contributed by atoms with Crippen molar-refractivity contribution in [2.75, 3.05) is 13.6 Å². The fourth-order valence-electron chi connectivity index (χ4n) is 3.38. The first kappa shape index (κ1) is 21.8. The monoisotopic (exact) mass is 428 g/mol. The van der Waals surface area contributed by atoms with Crippen LogP contribution in [-0.4, -0.2) is 47.3 Å². The Hall–Kier alpha value is -2.90. The fraction of sp³-hybridized carbons (Fsp3) is 0.318. The molecule has 0 saturated carbocycles. The Balaban J connectivity index is 1.58. The Morgan fingerprint density at radius 2 is 2.00 bits per heavy atom. The second-order valence-corrected chi connectivity index (χ2v) is 7.76. The quantitative estimate of drug-likeness (QED) is 0.482. The molecule has 2 amide bonds. The predicted octanol–water partition coefficient (Wildman–Crippen LogP) is 1.93. The number of aliphatic hydroxyl groups excluding tert-OH is 1. The van der Waals surface area contributed by atoms with Gasteiger partial charge in [-0.3, -0.25) is 14.6 Å². The lowest BCUT2D eigenvalue weighted by Gasteiger charge is -2.40. The smallest absolute Gasteiger partial charge is 0.256 e. The molecular weight excluding hydrogens is 404 g/mol. The molecule has 1 heterocycles. The van der Waals surface area contributed by atoms with Crippen LogP contribution >= 0.6 is 11.6 Å². The summed E-state index contributed by atoms with van der Waals surface area (Å²) in [5.41, 5.74) is 8.76. The molecule has 0 spiro atoms. The number of carbonyl (C=O) groups is 2. The molecule has 3 rings (SSSR count). The number of aliphatic hydroxyl groups is 1. The first-order chi connectivity index (χ1) is 14.3. The summed E-state index contributed by atoms with van der Waals surface area (Å²) in [7, 11) is 1.62. The molecule has 1 fully saturated rings. The van der Waals surface area contributed by atoms with E-state index in [2.05, 4.69) is 10.3 Å². The third kappa shape index (κ3) is 4.80. The maximum atomic E-state index is 12.7. The van der Waals surface area contributed by atoms with E-state index in [0.29, 0.717) is 35.9 Å². The molecule has 1 aliphatic rings. The van der Waals surface area contributed by atoms with E-state index in [1.165, 1.54) is 4.90 Å². The van der Waals surface area contributed by atoms with Gasteiger partial charge in [-0.15, -0.1) is 0 Å². The van der Waals surface area contributed by atoms with Gasteiger partial charge in [-0.2, -0.15) is 0 Å². The van der Waals surface area contributed by atoms with Gasteiger partial charge in [0, 0.05) is 30.7 Å². The van der Waals surface area contributed by atoms with Crippen LogP contribution in [0.15, 0.2) is 47.5 Å². The van der Waals surface area contributed by atoms with Crippen molar-refractivity contribution in [1.82, 2.24) is 10.2 Å². The third-order valence-electron chi connectivity index (χ3n) is 5.18. The van der Waals surface area contributed by atoms with Crippen LogP contribution in [0.4, 0.5) is 0 Å². The number of halogens is 1. The zero-order chi connectivity index (χ0) is 21.8. The molecule has 2 aromatic carbocycles. The van der Waals surface area contributed by atoms with Gasteiger partial charge in [-0.1, -0.05) is 41.9 Å². The van der Waals surface area contributed by atoms with Gasteiger partial charge in [0.05, 0.1) is 0 Å². The summed E-state index contributed by atoms with van der Waals surface area (Å²) in [5.74, 6) is -0.299. The molecule has 2 atom stereocenters. The number of nitrogens with two attached hydrogens (primary N) is 1. The molecule has 2 aromatic rings. The normalized spacial score (nSPS) is 17.3. The first-order valence-electron chi connectivity index (χ1n) is 9.65. The van der Waals surface area contributed by atoms with E-state index < -0.39 is 18.1 Å². The van der Waals surface area contributed by atoms with Crippen molar-refractivity contribution in [3.63, 3.8) is 0 Å². The molecule has 1 aliphatic heterocycles. The van der Waals surface area contributed by atoms with Crippen LogP contribution in [-0.2, 0) is 16.1 Å². The van der Waals surface area contributed by atoms with E-state index in [4.69, 9.17) is 17.3 Å². The van der Waals surface area contributed by atoms with Gasteiger partial charge >= 0.3 is 0 Å². The Morgan fingerprint density at radius 1 is 1.30 bits per heavy atom. The van der Waals surface area contributed by atoms with Crippen LogP contribution in [0.1, 0.15) is 34.8 Å². The molecule has 4 N–H and O–H groups in total. The molecule has 8 heteroatoms. The summed E-state index contributed by atoms with van der Waals surface area (Å²) < 4.78 is 0. The number of likely N-dealkylation sites (tertiary alicyclic amines) is 1. The lowest BCUT2D eigenvalue weighted by molar-refractivity contribution is -0.154. The predicted molar refractivity (Wildman–Crippen MR) is 116 cm³/mol. The standard InChI is InChI=1S/C22H25ClN4O3/c1-13-9-16(11-17(23)10-13)19(28)22(30)27-8-7-18(27)21(29)26-12-14-3-5-15(6-4-14)20(24)25-2/h3-6,9-11,18-19,28H,7-8,12H2,1-2H3,(H2,24,25)(H,26,29)/t18-,19+/m0/s1. The van der Waals surface area contributed by atoms with Crippen LogP contribution in [0.25, 0.3) is 0 Å². The van der Waals surface area contributed by atoms with Gasteiger partial charge in [0.2, 0.25) is 5.91 Å². The minimum atomic E-state index is -1.35. The molecular formula is C22H25ClN4O3. The third-order valence-corrected chi connectivity index (χ3v) is 5.40. The van der Waals surface area contributed by atoms with E-state index in [0.717, 1.165) is 16.7 Å². The average molecular weight is 429 g/mol. The Bertz CT molecular complexity index is 955. The van der Waals surface area contributed by atoms with Crippen LogP contribution in [0.2, 0.25) is 5.02 Å². The van der Waals surface area contributed by atoms with Crippen molar-refractivity contribution < 1.29 is 14.7 Å². The van der Waals surface area contributed by atoms with Crippen LogP contribution < -0.4 is 11.1 Å². The average Bonchev–Trinajstić information content (AvgIpc) is 2.69. The highest BCUT2D eigenvalue weighted by molar-refractivity contribution is 6.30. The van der Waals surface area contributed by atoms with Gasteiger partial charge in [-0.05, 0) is 42.2 Å². The maximum Gasteiger partial charge on any atom is 0.256 e. The lowest BCUT2D eigenvalue weighted by atomic mass is 9.98. The second kappa shape index (κ2) is 9.28. The largest absolute Gasteiger partial charge is 0.384 e. The van der Waals surface area contributed by atoms with E-state index in [1.807, 2.05) is 31.2 Å². The molecule has 7 nitrogen and oxygen atoms in total. The van der Waals surface area contributed by atoms with Crippen LogP contribution in [0.3, 0.4) is 0 Å². The van der Waals surface area contributed by atoms with Crippen molar-refractivity contribution in [3.05, 3.63) is 69.7 Å². The Kier molecular flexibility index (Phi) is 6.74. The van der Waals surface area contributed by atoms with Crippen molar-refractivity contribution in [1.29, 1.82) is 0 Å². The van der Waals surface area contributed by atoms with E-state index in [-0.39, 0.29) is 5.91 Å². The van der Waals surface area contributed by atoms with Gasteiger partial charge < -0.3 is 21.1 Å². The van der Waals surface area contributed by atoms with Crippen molar-refractivity contribution >= 4 is 29.3 Å². The summed E-state index contributed by atoms with van der Waals surface area (Å²) in [5, 5.41) is 13.8. The number of amidine groups is 1. The van der Waals surface area contributed by atoms with Gasteiger partial charge in [-0.25, -0.2) is 0 Å². The molecule has 0 bridgehead atoms. The topological polar surface area (TPSA) is 108 Å². The Morgan fingerprint density at radius 3 is 2.57 bits per heavy atom. The highest BCUT2D eigenvalue weighted by Crippen LogP contribution is 2.26. The summed E-state index contributed by atoms with van der Waals surface area (Å²) in [6.07, 6.45) is -0.794. The molecule has 158 valence electrons. The minimum Gasteiger partial charge on any atom is -0.384 e. The Labute approximate surface area is 180 Å². The minimum absolute atomic E-state index is 0.247. The number of benzene rings is 2. The number of amides is 2. The molecule has 1 saturated heterocycles. The highest BCUT2D eigenvalue weighted by atomic mass is 35.5. The fourth-order valence-corrected chi connectivity index (χ4v) is 3.67. The van der Waals surface area contributed by atoms with Gasteiger partial charge in [0.25, 0.3) is 5.91 Å². The van der Waals surface area contributed by atoms with Crippen molar-refractivity contribution in [2.45, 2.75) is 32.0 Å². The number of hydrogen-bond acceptors (Lipinski definition) is 4. The zero-order valence-electron chi connectivity index (χ0n) is 16.9. The van der Waals surface area contributed by atoms with E-state index in [1.54, 1.807) is 25.2 Å². The summed E-state index contributed by atoms with van der Waals surface area (Å²) in [4.78, 5) is 30.6. The van der Waals surface area contributed by atoms with Crippen molar-refractivity contribution in [3.8, 4) is 0 Å². The first-order valence-corrected chi connectivity index (χ1v) is 10.0. The highest BCUT2D eigenvalue weighted by Gasteiger charge is 2.40. The summed E-state index contributed by atoms with van der Waals surface area (Å²) in [6.45, 7) is 2.59. The van der Waals surface area contributed by atoms with Gasteiger partial charge in [0.15, 0.2) is 6.10 Å². The van der Waals surface area contributed by atoms with Crippen LogP contribution in [0.5, 0.6) is 0 Å². The number of hydrogen-bond donors (Lipinski definition) is 3. The van der Waals surface area contributed by atoms with E-state index >= 15 is 0 Å². The van der Waals surface area contributed by atoms with E-state index in [9.17, 15) is 14.7 Å². The van der Waals surface area contributed by atoms with Gasteiger partial charge in [0.1, 0.15) is 11.9 Å². The molecule has 0 aliphatic carbocycles. The molecule has 30 heavy (non-hydrogen) atoms.